The zero-order valence-electron chi connectivity index (χ0n) is 14.3. The predicted molar refractivity (Wildman–Crippen MR) is 95.2 cm³/mol. The molecule has 0 aromatic heterocycles. The summed E-state index contributed by atoms with van der Waals surface area (Å²) in [5.74, 6) is 1.21. The Kier molecular flexibility index (Phi) is 5.80. The van der Waals surface area contributed by atoms with Gasteiger partial charge < -0.3 is 10.1 Å². The Morgan fingerprint density at radius 2 is 1.83 bits per heavy atom. The van der Waals surface area contributed by atoms with Crippen LogP contribution in [-0.2, 0) is 11.2 Å². The van der Waals surface area contributed by atoms with Crippen LogP contribution in [0.2, 0.25) is 0 Å². The van der Waals surface area contributed by atoms with Crippen LogP contribution in [0, 0.1) is 6.92 Å². The lowest BCUT2D eigenvalue weighted by Crippen LogP contribution is -2.16. The summed E-state index contributed by atoms with van der Waals surface area (Å²) < 4.78 is 5.42. The molecule has 1 amide bonds. The molecule has 2 aromatic rings. The second kappa shape index (κ2) is 7.82. The predicted octanol–water partition coefficient (Wildman–Crippen LogP) is 4.70. The highest BCUT2D eigenvalue weighted by molar-refractivity contribution is 5.93. The van der Waals surface area contributed by atoms with E-state index in [0.717, 1.165) is 22.6 Å². The van der Waals surface area contributed by atoms with E-state index in [4.69, 9.17) is 4.74 Å². The molecule has 0 saturated heterocycles. The molecule has 3 nitrogen and oxygen atoms in total. The van der Waals surface area contributed by atoms with Crippen LogP contribution in [0.4, 0.5) is 5.69 Å². The molecule has 0 atom stereocenters. The minimum absolute atomic E-state index is 0.00496. The number of amides is 1. The third-order valence-electron chi connectivity index (χ3n) is 3.79. The number of carbonyl (C=O) groups excluding carboxylic acids is 1. The summed E-state index contributed by atoms with van der Waals surface area (Å²) in [6, 6.07) is 13.8. The van der Waals surface area contributed by atoms with Gasteiger partial charge in [-0.1, -0.05) is 44.2 Å². The van der Waals surface area contributed by atoms with Crippen LogP contribution in [-0.4, -0.2) is 12.5 Å². The van der Waals surface area contributed by atoms with Gasteiger partial charge in [0.05, 0.1) is 13.0 Å². The Morgan fingerprint density at radius 3 is 2.43 bits per heavy atom. The number of para-hydroxylation sites is 1. The molecule has 0 bridgehead atoms. The van der Waals surface area contributed by atoms with E-state index in [1.165, 1.54) is 5.56 Å². The van der Waals surface area contributed by atoms with Gasteiger partial charge in [-0.3, -0.25) is 4.79 Å². The highest BCUT2D eigenvalue weighted by atomic mass is 16.5. The van der Waals surface area contributed by atoms with E-state index in [2.05, 4.69) is 25.2 Å². The lowest BCUT2D eigenvalue weighted by atomic mass is 9.98. The van der Waals surface area contributed by atoms with Crippen LogP contribution in [0.1, 0.15) is 43.4 Å². The number of hydrogen-bond donors (Lipinski definition) is 1. The van der Waals surface area contributed by atoms with E-state index >= 15 is 0 Å². The number of hydrogen-bond acceptors (Lipinski definition) is 2. The molecule has 2 aromatic carbocycles. The number of anilines is 1. The molecule has 0 heterocycles. The van der Waals surface area contributed by atoms with E-state index in [1.807, 2.05) is 50.2 Å². The third-order valence-corrected chi connectivity index (χ3v) is 3.79. The summed E-state index contributed by atoms with van der Waals surface area (Å²) in [7, 11) is 0. The van der Waals surface area contributed by atoms with Crippen molar-refractivity contribution in [1.29, 1.82) is 0 Å². The molecule has 0 unspecified atom stereocenters. The van der Waals surface area contributed by atoms with Crippen LogP contribution in [0.3, 0.4) is 0 Å². The van der Waals surface area contributed by atoms with Crippen molar-refractivity contribution < 1.29 is 9.53 Å². The maximum absolute atomic E-state index is 12.4. The fourth-order valence-corrected chi connectivity index (χ4v) is 2.58. The normalized spacial score (nSPS) is 10.7. The Hall–Kier alpha value is -2.29. The van der Waals surface area contributed by atoms with E-state index in [1.54, 1.807) is 0 Å². The Bertz CT molecular complexity index is 660. The summed E-state index contributed by atoms with van der Waals surface area (Å²) in [5, 5.41) is 3.08. The molecule has 1 N–H and O–H groups in total. The second-order valence-electron chi connectivity index (χ2n) is 6.00. The minimum Gasteiger partial charge on any atom is -0.494 e. The Morgan fingerprint density at radius 1 is 1.13 bits per heavy atom. The zero-order chi connectivity index (χ0) is 16.8. The molecule has 0 spiro atoms. The smallest absolute Gasteiger partial charge is 0.228 e. The van der Waals surface area contributed by atoms with Crippen molar-refractivity contribution in [1.82, 2.24) is 0 Å². The van der Waals surface area contributed by atoms with Crippen molar-refractivity contribution in [2.24, 2.45) is 0 Å². The number of carbonyl (C=O) groups is 1. The largest absolute Gasteiger partial charge is 0.494 e. The number of nitrogens with one attached hydrogen (secondary N) is 1. The van der Waals surface area contributed by atoms with Crippen molar-refractivity contribution >= 4 is 11.6 Å². The summed E-state index contributed by atoms with van der Waals surface area (Å²) in [5.41, 5.74) is 4.19. The van der Waals surface area contributed by atoms with E-state index in [-0.39, 0.29) is 5.91 Å². The molecule has 2 rings (SSSR count). The van der Waals surface area contributed by atoms with Gasteiger partial charge >= 0.3 is 0 Å². The summed E-state index contributed by atoms with van der Waals surface area (Å²) in [4.78, 5) is 12.4. The van der Waals surface area contributed by atoms with E-state index < -0.39 is 0 Å². The summed E-state index contributed by atoms with van der Waals surface area (Å²) in [6.45, 7) is 8.90. The SMILES string of the molecule is CCOc1ccc(CC(=O)Nc2c(C)cccc2C(C)C)cc1. The van der Waals surface area contributed by atoms with Crippen LogP contribution >= 0.6 is 0 Å². The summed E-state index contributed by atoms with van der Waals surface area (Å²) >= 11 is 0. The molecule has 0 aliphatic heterocycles. The molecule has 0 fully saturated rings. The molecule has 0 aliphatic rings. The number of ether oxygens (including phenoxy) is 1. The molecular weight excluding hydrogens is 286 g/mol. The van der Waals surface area contributed by atoms with Crippen molar-refractivity contribution in [3.63, 3.8) is 0 Å². The van der Waals surface area contributed by atoms with Gasteiger partial charge in [-0.15, -0.1) is 0 Å². The second-order valence-corrected chi connectivity index (χ2v) is 6.00. The van der Waals surface area contributed by atoms with Crippen molar-refractivity contribution in [3.8, 4) is 5.75 Å². The van der Waals surface area contributed by atoms with Gasteiger partial charge in [0, 0.05) is 5.69 Å². The monoisotopic (exact) mass is 311 g/mol. The van der Waals surface area contributed by atoms with Crippen LogP contribution in [0.25, 0.3) is 0 Å². The molecular formula is C20H25NO2. The van der Waals surface area contributed by atoms with Crippen LogP contribution < -0.4 is 10.1 Å². The molecule has 0 saturated carbocycles. The highest BCUT2D eigenvalue weighted by Gasteiger charge is 2.12. The van der Waals surface area contributed by atoms with Gasteiger partial charge in [0.1, 0.15) is 5.75 Å². The number of benzene rings is 2. The maximum atomic E-state index is 12.4. The Labute approximate surface area is 138 Å². The first-order valence-electron chi connectivity index (χ1n) is 8.12. The van der Waals surface area contributed by atoms with Crippen molar-refractivity contribution in [3.05, 3.63) is 59.2 Å². The first-order valence-corrected chi connectivity index (χ1v) is 8.12. The summed E-state index contributed by atoms with van der Waals surface area (Å²) in [6.07, 6.45) is 0.359. The van der Waals surface area contributed by atoms with Gasteiger partial charge in [-0.2, -0.15) is 0 Å². The standard InChI is InChI=1S/C20H25NO2/c1-5-23-17-11-9-16(10-12-17)13-19(22)21-20-15(4)7-6-8-18(20)14(2)3/h6-12,14H,5,13H2,1-4H3,(H,21,22). The van der Waals surface area contributed by atoms with Crippen LogP contribution in [0.5, 0.6) is 5.75 Å². The number of aryl methyl sites for hydroxylation is 1. The van der Waals surface area contributed by atoms with Crippen LogP contribution in [0.15, 0.2) is 42.5 Å². The lowest BCUT2D eigenvalue weighted by Gasteiger charge is -2.16. The van der Waals surface area contributed by atoms with Crippen molar-refractivity contribution in [2.45, 2.75) is 40.0 Å². The highest BCUT2D eigenvalue weighted by Crippen LogP contribution is 2.27. The van der Waals surface area contributed by atoms with Gasteiger partial charge in [0.15, 0.2) is 0 Å². The molecule has 23 heavy (non-hydrogen) atoms. The number of rotatable bonds is 6. The van der Waals surface area contributed by atoms with E-state index in [0.29, 0.717) is 18.9 Å². The first kappa shape index (κ1) is 17.1. The minimum atomic E-state index is 0.00496. The maximum Gasteiger partial charge on any atom is 0.228 e. The molecule has 0 aliphatic carbocycles. The van der Waals surface area contributed by atoms with Gasteiger partial charge in [-0.25, -0.2) is 0 Å². The van der Waals surface area contributed by atoms with Gasteiger partial charge in [0.2, 0.25) is 5.91 Å². The topological polar surface area (TPSA) is 38.3 Å². The average molecular weight is 311 g/mol. The fourth-order valence-electron chi connectivity index (χ4n) is 2.58. The fraction of sp³-hybridized carbons (Fsp3) is 0.350. The zero-order valence-corrected chi connectivity index (χ0v) is 14.3. The molecule has 0 radical (unpaired) electrons. The lowest BCUT2D eigenvalue weighted by molar-refractivity contribution is -0.115. The van der Waals surface area contributed by atoms with Gasteiger partial charge in [0.25, 0.3) is 0 Å². The quantitative estimate of drug-likeness (QED) is 0.840. The van der Waals surface area contributed by atoms with Crippen molar-refractivity contribution in [2.75, 3.05) is 11.9 Å². The Balaban J connectivity index is 2.08. The van der Waals surface area contributed by atoms with Gasteiger partial charge in [-0.05, 0) is 48.6 Å². The third kappa shape index (κ3) is 4.59. The van der Waals surface area contributed by atoms with E-state index in [9.17, 15) is 4.79 Å². The molecule has 122 valence electrons. The first-order chi connectivity index (χ1) is 11.0. The molecule has 3 heteroatoms. The average Bonchev–Trinajstić information content (AvgIpc) is 2.51.